The van der Waals surface area contributed by atoms with Gasteiger partial charge in [0.05, 0.1) is 11.1 Å². The van der Waals surface area contributed by atoms with Gasteiger partial charge in [-0.15, -0.1) is 0 Å². The van der Waals surface area contributed by atoms with Crippen LogP contribution in [0.4, 0.5) is 5.69 Å². The van der Waals surface area contributed by atoms with E-state index in [2.05, 4.69) is 21.7 Å². The number of carbonyl (C=O) groups is 1. The Kier molecular flexibility index (Phi) is 3.11. The highest BCUT2D eigenvalue weighted by Crippen LogP contribution is 2.43. The normalized spacial score (nSPS) is 31.4. The minimum Gasteiger partial charge on any atom is -0.311 e. The number of rotatable bonds is 3. The summed E-state index contributed by atoms with van der Waals surface area (Å²) in [5.41, 5.74) is 1.03. The van der Waals surface area contributed by atoms with Crippen molar-refractivity contribution < 1.29 is 4.79 Å². The van der Waals surface area contributed by atoms with E-state index in [0.29, 0.717) is 5.91 Å². The van der Waals surface area contributed by atoms with Crippen molar-refractivity contribution in [1.82, 2.24) is 4.90 Å². The van der Waals surface area contributed by atoms with Crippen LogP contribution in [0.15, 0.2) is 16.8 Å². The zero-order valence-electron chi connectivity index (χ0n) is 11.9. The quantitative estimate of drug-likeness (QED) is 0.854. The fourth-order valence-corrected chi connectivity index (χ4v) is 4.55. The monoisotopic (exact) mass is 290 g/mol. The topological polar surface area (TPSA) is 23.6 Å². The summed E-state index contributed by atoms with van der Waals surface area (Å²) < 4.78 is 0. The van der Waals surface area contributed by atoms with Crippen molar-refractivity contribution in [3.63, 3.8) is 0 Å². The van der Waals surface area contributed by atoms with Gasteiger partial charge in [0, 0.05) is 25.0 Å². The number of carbonyl (C=O) groups excluding carboxylic acids is 1. The third-order valence-electron chi connectivity index (χ3n) is 5.20. The van der Waals surface area contributed by atoms with Crippen molar-refractivity contribution in [2.45, 2.75) is 32.1 Å². The zero-order valence-corrected chi connectivity index (χ0v) is 12.7. The Hall–Kier alpha value is -0.870. The average Bonchev–Trinajstić information content (AvgIpc) is 2.99. The SMILES string of the molecule is O=C1N(c2ccsc2)CC[C@@]12CCCN(CC1CC1)C2. The Morgan fingerprint density at radius 1 is 1.30 bits per heavy atom. The Morgan fingerprint density at radius 2 is 2.20 bits per heavy atom. The summed E-state index contributed by atoms with van der Waals surface area (Å²) in [6.07, 6.45) is 6.13. The number of hydrogen-bond donors (Lipinski definition) is 0. The first kappa shape index (κ1) is 12.8. The lowest BCUT2D eigenvalue weighted by Gasteiger charge is -2.39. The van der Waals surface area contributed by atoms with Crippen LogP contribution < -0.4 is 4.90 Å². The number of likely N-dealkylation sites (tertiary alicyclic amines) is 1. The van der Waals surface area contributed by atoms with Gasteiger partial charge in [-0.1, -0.05) is 0 Å². The molecule has 3 fully saturated rings. The van der Waals surface area contributed by atoms with E-state index in [-0.39, 0.29) is 5.41 Å². The molecule has 1 spiro atoms. The molecular weight excluding hydrogens is 268 g/mol. The maximum Gasteiger partial charge on any atom is 0.234 e. The van der Waals surface area contributed by atoms with Crippen LogP contribution in [0.25, 0.3) is 0 Å². The highest BCUT2D eigenvalue weighted by atomic mass is 32.1. The predicted octanol–water partition coefficient (Wildman–Crippen LogP) is 2.98. The smallest absolute Gasteiger partial charge is 0.234 e. The largest absolute Gasteiger partial charge is 0.311 e. The molecule has 3 heterocycles. The van der Waals surface area contributed by atoms with Crippen LogP contribution >= 0.6 is 11.3 Å². The zero-order chi connectivity index (χ0) is 13.6. The molecule has 1 saturated carbocycles. The maximum atomic E-state index is 12.9. The lowest BCUT2D eigenvalue weighted by Crippen LogP contribution is -2.48. The minimum atomic E-state index is -0.0743. The van der Waals surface area contributed by atoms with Crippen molar-refractivity contribution in [3.8, 4) is 0 Å². The molecule has 0 radical (unpaired) electrons. The van der Waals surface area contributed by atoms with Gasteiger partial charge < -0.3 is 9.80 Å². The maximum absolute atomic E-state index is 12.9. The summed E-state index contributed by atoms with van der Waals surface area (Å²) in [7, 11) is 0. The van der Waals surface area contributed by atoms with E-state index in [1.54, 1.807) is 11.3 Å². The van der Waals surface area contributed by atoms with Crippen LogP contribution in [0, 0.1) is 11.3 Å². The number of thiophene rings is 1. The van der Waals surface area contributed by atoms with Crippen molar-refractivity contribution in [2.24, 2.45) is 11.3 Å². The number of amides is 1. The second kappa shape index (κ2) is 4.85. The average molecular weight is 290 g/mol. The second-order valence-corrected chi connectivity index (χ2v) is 7.53. The first-order chi connectivity index (χ1) is 9.77. The highest BCUT2D eigenvalue weighted by Gasteiger charge is 2.49. The van der Waals surface area contributed by atoms with Crippen LogP contribution in [-0.2, 0) is 4.79 Å². The summed E-state index contributed by atoms with van der Waals surface area (Å²) >= 11 is 1.68. The van der Waals surface area contributed by atoms with Crippen molar-refractivity contribution in [3.05, 3.63) is 16.8 Å². The van der Waals surface area contributed by atoms with E-state index in [4.69, 9.17) is 0 Å². The van der Waals surface area contributed by atoms with Gasteiger partial charge in [0.15, 0.2) is 0 Å². The van der Waals surface area contributed by atoms with E-state index < -0.39 is 0 Å². The molecule has 4 heteroatoms. The molecule has 108 valence electrons. The summed E-state index contributed by atoms with van der Waals surface area (Å²) in [6, 6.07) is 2.08. The molecular formula is C16H22N2OS. The third-order valence-corrected chi connectivity index (χ3v) is 5.87. The molecule has 2 saturated heterocycles. The Bertz CT molecular complexity index is 497. The molecule has 3 nitrogen and oxygen atoms in total. The fourth-order valence-electron chi connectivity index (χ4n) is 3.91. The molecule has 0 bridgehead atoms. The first-order valence-electron chi connectivity index (χ1n) is 7.83. The lowest BCUT2D eigenvalue weighted by atomic mass is 9.78. The van der Waals surface area contributed by atoms with Crippen molar-refractivity contribution >= 4 is 22.9 Å². The van der Waals surface area contributed by atoms with Gasteiger partial charge in [0.1, 0.15) is 0 Å². The molecule has 1 amide bonds. The van der Waals surface area contributed by atoms with Gasteiger partial charge in [-0.25, -0.2) is 0 Å². The summed E-state index contributed by atoms with van der Waals surface area (Å²) in [4.78, 5) is 17.5. The van der Waals surface area contributed by atoms with Gasteiger partial charge in [-0.3, -0.25) is 4.79 Å². The molecule has 3 aliphatic rings. The molecule has 0 N–H and O–H groups in total. The van der Waals surface area contributed by atoms with Crippen molar-refractivity contribution in [1.29, 1.82) is 0 Å². The number of piperidine rings is 1. The molecule has 4 rings (SSSR count). The van der Waals surface area contributed by atoms with Crippen LogP contribution in [-0.4, -0.2) is 37.0 Å². The van der Waals surface area contributed by atoms with Gasteiger partial charge in [0.2, 0.25) is 5.91 Å². The predicted molar refractivity (Wildman–Crippen MR) is 82.1 cm³/mol. The molecule has 0 unspecified atom stereocenters. The molecule has 1 aliphatic carbocycles. The van der Waals surface area contributed by atoms with Crippen molar-refractivity contribution in [2.75, 3.05) is 31.1 Å². The molecule has 1 aromatic heterocycles. The van der Waals surface area contributed by atoms with Gasteiger partial charge in [-0.05, 0) is 56.0 Å². The van der Waals surface area contributed by atoms with E-state index >= 15 is 0 Å². The van der Waals surface area contributed by atoms with Crippen LogP contribution in [0.5, 0.6) is 0 Å². The van der Waals surface area contributed by atoms with Gasteiger partial charge >= 0.3 is 0 Å². The van der Waals surface area contributed by atoms with Crippen LogP contribution in [0.3, 0.4) is 0 Å². The Labute approximate surface area is 124 Å². The summed E-state index contributed by atoms with van der Waals surface area (Å²) in [5, 5.41) is 4.16. The summed E-state index contributed by atoms with van der Waals surface area (Å²) in [5.74, 6) is 1.31. The minimum absolute atomic E-state index is 0.0743. The Morgan fingerprint density at radius 3 is 2.95 bits per heavy atom. The molecule has 1 aromatic rings. The Balaban J connectivity index is 1.50. The number of nitrogens with zero attached hydrogens (tertiary/aromatic N) is 2. The summed E-state index contributed by atoms with van der Waals surface area (Å²) in [6.45, 7) is 4.34. The molecule has 2 aliphatic heterocycles. The van der Waals surface area contributed by atoms with Gasteiger partial charge in [-0.2, -0.15) is 11.3 Å². The third kappa shape index (κ3) is 2.19. The fraction of sp³-hybridized carbons (Fsp3) is 0.688. The number of anilines is 1. The molecule has 1 atom stereocenters. The van der Waals surface area contributed by atoms with E-state index in [0.717, 1.165) is 37.5 Å². The van der Waals surface area contributed by atoms with E-state index in [1.165, 1.54) is 32.4 Å². The lowest BCUT2D eigenvalue weighted by molar-refractivity contribution is -0.128. The van der Waals surface area contributed by atoms with E-state index in [9.17, 15) is 4.79 Å². The van der Waals surface area contributed by atoms with Crippen LogP contribution in [0.2, 0.25) is 0 Å². The molecule has 20 heavy (non-hydrogen) atoms. The second-order valence-electron chi connectivity index (χ2n) is 6.75. The molecule has 0 aromatic carbocycles. The number of hydrogen-bond acceptors (Lipinski definition) is 3. The van der Waals surface area contributed by atoms with E-state index in [1.807, 2.05) is 4.90 Å². The first-order valence-corrected chi connectivity index (χ1v) is 8.78. The highest BCUT2D eigenvalue weighted by molar-refractivity contribution is 7.08. The van der Waals surface area contributed by atoms with Gasteiger partial charge in [0.25, 0.3) is 0 Å². The standard InChI is InChI=1S/C16H22N2OS/c19-15-16(6-8-18(15)14-4-9-20-11-14)5-1-7-17(12-16)10-13-2-3-13/h4,9,11,13H,1-3,5-8,10,12H2/t16-/m1/s1. The van der Waals surface area contributed by atoms with Crippen LogP contribution in [0.1, 0.15) is 32.1 Å².